The second kappa shape index (κ2) is 18.8. The number of nitriles is 1. The molecule has 0 saturated carbocycles. The van der Waals surface area contributed by atoms with Crippen molar-refractivity contribution < 1.29 is 29.4 Å². The number of hydrogen-bond donors (Lipinski definition) is 0. The largest absolute Gasteiger partial charge is 0.497 e. The minimum atomic E-state index is -1.90. The monoisotopic (exact) mass is 782 g/mol. The minimum absolute atomic E-state index is 0.0263. The van der Waals surface area contributed by atoms with Crippen LogP contribution in [0.15, 0.2) is 109 Å². The van der Waals surface area contributed by atoms with E-state index in [9.17, 15) is 11.4 Å². The molecule has 6 rings (SSSR count). The lowest BCUT2D eigenvalue weighted by molar-refractivity contribution is -0.0925. The molecule has 1 unspecified atom stereocenters. The third-order valence-electron chi connectivity index (χ3n) is 9.32. The molecule has 0 radical (unpaired) electrons. The molecule has 1 saturated heterocycles. The molecule has 2 aromatic heterocycles. The van der Waals surface area contributed by atoms with Gasteiger partial charge in [-0.25, -0.2) is 19.1 Å². The van der Waals surface area contributed by atoms with Crippen LogP contribution in [-0.2, 0) is 24.1 Å². The Hall–Kier alpha value is -5.00. The van der Waals surface area contributed by atoms with E-state index in [4.69, 9.17) is 28.0 Å². The molecular formula is C41H48N7O7P. The van der Waals surface area contributed by atoms with Crippen molar-refractivity contribution >= 4 is 8.53 Å². The molecule has 15 heteroatoms. The lowest BCUT2D eigenvalue weighted by Gasteiger charge is -2.39. The van der Waals surface area contributed by atoms with Crippen molar-refractivity contribution in [2.45, 2.75) is 76.6 Å². The third-order valence-corrected chi connectivity index (χ3v) is 11.4. The number of aromatic nitrogens is 5. The smallest absolute Gasteiger partial charge is 0.351 e. The van der Waals surface area contributed by atoms with Gasteiger partial charge in [-0.05, 0) is 74.7 Å². The Labute approximate surface area is 329 Å². The molecule has 0 amide bonds. The fourth-order valence-corrected chi connectivity index (χ4v) is 8.42. The van der Waals surface area contributed by atoms with Gasteiger partial charge in [0.1, 0.15) is 42.1 Å². The normalized spacial score (nSPS) is 19.2. The summed E-state index contributed by atoms with van der Waals surface area (Å²) < 4.78 is 52.8. The fraction of sp³-hybridized carbons (Fsp3) is 0.390. The molecule has 3 heterocycles. The molecule has 0 spiro atoms. The first kappa shape index (κ1) is 39.2. The van der Waals surface area contributed by atoms with Gasteiger partial charge in [0.15, 0.2) is 5.82 Å². The Bertz CT molecular complexity index is 2080. The van der Waals surface area contributed by atoms with Crippen molar-refractivity contribution in [3.05, 3.63) is 131 Å². The van der Waals surface area contributed by atoms with E-state index in [1.165, 1.54) is 21.9 Å². The molecule has 56 heavy (non-hydrogen) atoms. The maximum absolute atomic E-state index is 13.6. The predicted molar refractivity (Wildman–Crippen MR) is 210 cm³/mol. The molecule has 0 bridgehead atoms. The van der Waals surface area contributed by atoms with Gasteiger partial charge in [0.05, 0.1) is 47.4 Å². The highest BCUT2D eigenvalue weighted by Gasteiger charge is 2.45. The zero-order valence-electron chi connectivity index (χ0n) is 33.4. The summed E-state index contributed by atoms with van der Waals surface area (Å²) in [5.41, 5.74) is 0.579. The van der Waals surface area contributed by atoms with Crippen molar-refractivity contribution in [3.8, 4) is 23.4 Å². The van der Waals surface area contributed by atoms with Crippen molar-refractivity contribution in [3.63, 3.8) is 0 Å². The molecule has 1 aliphatic rings. The minimum Gasteiger partial charge on any atom is -0.497 e. The molecule has 0 aliphatic carbocycles. The van der Waals surface area contributed by atoms with Crippen molar-refractivity contribution in [1.29, 1.82) is 5.26 Å². The zero-order chi connectivity index (χ0) is 40.6. The van der Waals surface area contributed by atoms with Crippen molar-refractivity contribution in [1.82, 2.24) is 29.0 Å². The first-order valence-corrected chi connectivity index (χ1v) is 19.5. The van der Waals surface area contributed by atoms with Crippen LogP contribution in [-0.4, -0.2) is 80.7 Å². The van der Waals surface area contributed by atoms with E-state index in [2.05, 4.69) is 25.8 Å². The molecule has 5 aromatic rings. The summed E-state index contributed by atoms with van der Waals surface area (Å²) in [4.78, 5) is 21.8. The highest BCUT2D eigenvalue weighted by molar-refractivity contribution is 7.44. The van der Waals surface area contributed by atoms with Gasteiger partial charge in [-0.2, -0.15) is 15.3 Å². The van der Waals surface area contributed by atoms with Crippen LogP contribution in [0, 0.1) is 11.3 Å². The van der Waals surface area contributed by atoms with Gasteiger partial charge in [-0.1, -0.05) is 54.6 Å². The molecule has 1 fully saturated rings. The van der Waals surface area contributed by atoms with Gasteiger partial charge in [0.2, 0.25) is 0 Å². The second-order valence-electron chi connectivity index (χ2n) is 13.5. The Balaban J connectivity index is 1.45. The predicted octanol–water partition coefficient (Wildman–Crippen LogP) is 6.80. The Kier molecular flexibility index (Phi) is 13.1. The lowest BCUT2D eigenvalue weighted by Crippen LogP contribution is -2.39. The van der Waals surface area contributed by atoms with Crippen LogP contribution >= 0.6 is 8.53 Å². The van der Waals surface area contributed by atoms with E-state index in [1.54, 1.807) is 26.5 Å². The van der Waals surface area contributed by atoms with Gasteiger partial charge < -0.3 is 28.0 Å². The number of rotatable bonds is 18. The SMILES string of the molecule is [2H][C@]1(OP(OCCC#N)N(C(C)C)C(C)C)C[C@H](n2ccc(-n3cncn3)nc2=O)O[C@@H]1COC(c1ccccc1)(c1ccc(OC)cc1)c1ccc(OC)cc1. The number of hydrogen-bond acceptors (Lipinski definition) is 12. The Morgan fingerprint density at radius 3 is 2.12 bits per heavy atom. The fourth-order valence-electron chi connectivity index (χ4n) is 6.74. The zero-order valence-corrected chi connectivity index (χ0v) is 33.3. The molecule has 1 aliphatic heterocycles. The summed E-state index contributed by atoms with van der Waals surface area (Å²) in [5.74, 6) is 1.63. The molecule has 4 atom stereocenters. The van der Waals surface area contributed by atoms with Crippen LogP contribution < -0.4 is 15.2 Å². The van der Waals surface area contributed by atoms with E-state index in [1.807, 2.05) is 107 Å². The van der Waals surface area contributed by atoms with Gasteiger partial charge in [-0.3, -0.25) is 4.57 Å². The highest BCUT2D eigenvalue weighted by Crippen LogP contribution is 2.50. The van der Waals surface area contributed by atoms with Crippen LogP contribution in [0.5, 0.6) is 11.5 Å². The van der Waals surface area contributed by atoms with Gasteiger partial charge in [0, 0.05) is 24.7 Å². The highest BCUT2D eigenvalue weighted by atomic mass is 31.2. The van der Waals surface area contributed by atoms with Crippen LogP contribution in [0.25, 0.3) is 5.82 Å². The summed E-state index contributed by atoms with van der Waals surface area (Å²) in [6.07, 6.45) is 0.603. The summed E-state index contributed by atoms with van der Waals surface area (Å²) in [6.45, 7) is 8.05. The van der Waals surface area contributed by atoms with Gasteiger partial charge in [0.25, 0.3) is 8.53 Å². The van der Waals surface area contributed by atoms with Gasteiger partial charge in [-0.15, -0.1) is 0 Å². The maximum atomic E-state index is 13.6. The quantitative estimate of drug-likeness (QED) is 0.0523. The third kappa shape index (κ3) is 9.00. The average molecular weight is 783 g/mol. The molecule has 3 aromatic carbocycles. The summed E-state index contributed by atoms with van der Waals surface area (Å²) in [5, 5.41) is 13.4. The van der Waals surface area contributed by atoms with Crippen LogP contribution in [0.4, 0.5) is 0 Å². The van der Waals surface area contributed by atoms with E-state index < -0.39 is 38.2 Å². The van der Waals surface area contributed by atoms with Crippen molar-refractivity contribution in [2.24, 2.45) is 0 Å². The van der Waals surface area contributed by atoms with Gasteiger partial charge >= 0.3 is 5.69 Å². The first-order chi connectivity index (χ1) is 27.5. The maximum Gasteiger partial charge on any atom is 0.351 e. The summed E-state index contributed by atoms with van der Waals surface area (Å²) in [6, 6.07) is 28.8. The van der Waals surface area contributed by atoms with E-state index in [0.29, 0.717) is 11.5 Å². The van der Waals surface area contributed by atoms with Crippen LogP contribution in [0.1, 0.15) is 64.8 Å². The van der Waals surface area contributed by atoms with Crippen molar-refractivity contribution in [2.75, 3.05) is 27.4 Å². The number of methoxy groups -OCH3 is 2. The summed E-state index contributed by atoms with van der Waals surface area (Å²) in [7, 11) is 1.33. The second-order valence-corrected chi connectivity index (χ2v) is 14.9. The van der Waals surface area contributed by atoms with E-state index in [-0.39, 0.29) is 44.0 Å². The number of benzene rings is 3. The average Bonchev–Trinajstić information content (AvgIpc) is 3.87. The molecule has 14 nitrogen and oxygen atoms in total. The standard InChI is InChI=1S/C41H48N7O7P/c1-29(2)48(30(3)4)56(53-24-10-22-42)55-36-25-39(46-23-21-38(45-40(46)49)47-28-43-27-44-47)54-37(36)26-52-41(31-11-8-7-9-12-31,32-13-17-34(50-5)18-14-32)33-15-19-35(51-6)20-16-33/h7-9,11-21,23,27-30,36-37,39H,10,24-26H2,1-6H3/t36-,37+,39+,56?/m0/s1/i36D. The number of nitrogens with zero attached hydrogens (tertiary/aromatic N) is 7. The number of ether oxygens (including phenoxy) is 4. The van der Waals surface area contributed by atoms with E-state index in [0.717, 1.165) is 16.7 Å². The molecular weight excluding hydrogens is 733 g/mol. The molecule has 0 N–H and O–H groups in total. The summed E-state index contributed by atoms with van der Waals surface area (Å²) >= 11 is 0. The first-order valence-electron chi connectivity index (χ1n) is 18.9. The Morgan fingerprint density at radius 2 is 1.59 bits per heavy atom. The molecule has 294 valence electrons. The van der Waals surface area contributed by atoms with E-state index >= 15 is 0 Å². The van der Waals surface area contributed by atoms with Crippen LogP contribution in [0.3, 0.4) is 0 Å². The van der Waals surface area contributed by atoms with Crippen LogP contribution in [0.2, 0.25) is 0 Å². The topological polar surface area (TPSA) is 148 Å². The Morgan fingerprint density at radius 1 is 0.964 bits per heavy atom. The lowest BCUT2D eigenvalue weighted by atomic mass is 9.80.